The first-order chi connectivity index (χ1) is 13.3. The molecule has 144 valence electrons. The lowest BCUT2D eigenvalue weighted by Crippen LogP contribution is -2.15. The van der Waals surface area contributed by atoms with Crippen molar-refractivity contribution in [2.24, 2.45) is 5.10 Å². The molecule has 0 amide bonds. The van der Waals surface area contributed by atoms with E-state index in [9.17, 15) is 8.42 Å². The molecule has 1 aliphatic heterocycles. The fourth-order valence-electron chi connectivity index (χ4n) is 2.77. The second kappa shape index (κ2) is 7.51. The number of aromatic nitrogens is 3. The predicted molar refractivity (Wildman–Crippen MR) is 112 cm³/mol. The van der Waals surface area contributed by atoms with E-state index in [2.05, 4.69) is 15.3 Å². The van der Waals surface area contributed by atoms with Crippen molar-refractivity contribution in [2.45, 2.75) is 16.5 Å². The Morgan fingerprint density at radius 3 is 2.54 bits per heavy atom. The maximum Gasteiger partial charge on any atom is 0.212 e. The maximum absolute atomic E-state index is 11.6. The summed E-state index contributed by atoms with van der Waals surface area (Å²) >= 11 is 13.8. The van der Waals surface area contributed by atoms with Crippen LogP contribution >= 0.6 is 35.0 Å². The zero-order chi connectivity index (χ0) is 19.9. The summed E-state index contributed by atoms with van der Waals surface area (Å²) in [7, 11) is -3.22. The minimum Gasteiger partial charge on any atom is -0.224 e. The van der Waals surface area contributed by atoms with Crippen LogP contribution in [-0.4, -0.2) is 41.0 Å². The van der Waals surface area contributed by atoms with Crippen LogP contribution in [0.2, 0.25) is 10.0 Å². The Morgan fingerprint density at radius 1 is 1.11 bits per heavy atom. The molecule has 3 aromatic rings. The molecule has 2 heterocycles. The number of fused-ring (bicyclic) bond motifs is 1. The molecule has 0 aliphatic carbocycles. The van der Waals surface area contributed by atoms with Crippen molar-refractivity contribution >= 4 is 50.5 Å². The molecular formula is C18H14Cl2N4O2S2. The Hall–Kier alpha value is -1.87. The Balaban J connectivity index is 1.65. The predicted octanol–water partition coefficient (Wildman–Crippen LogP) is 3.94. The summed E-state index contributed by atoms with van der Waals surface area (Å²) in [6, 6.07) is 12.1. The standard InChI is InChI=1S/C18H14Cl2N4O2S2/c1-28(25,26)13-5-2-11(3-6-13)8-17-21-22-18-24(17)23-16(10-27-18)14-7-4-12(19)9-15(14)20/h2-7,9H,8,10H2,1H3. The van der Waals surface area contributed by atoms with E-state index < -0.39 is 9.84 Å². The molecule has 0 saturated heterocycles. The minimum absolute atomic E-state index is 0.285. The fraction of sp³-hybridized carbons (Fsp3) is 0.167. The fourth-order valence-corrected chi connectivity index (χ4v) is 4.77. The number of benzene rings is 2. The van der Waals surface area contributed by atoms with E-state index in [4.69, 9.17) is 23.2 Å². The molecule has 10 heteroatoms. The molecule has 4 rings (SSSR count). The topological polar surface area (TPSA) is 77.2 Å². The third-order valence-electron chi connectivity index (χ3n) is 4.19. The van der Waals surface area contributed by atoms with Gasteiger partial charge in [-0.3, -0.25) is 0 Å². The Bertz CT molecular complexity index is 1190. The van der Waals surface area contributed by atoms with Crippen LogP contribution in [0.4, 0.5) is 0 Å². The summed E-state index contributed by atoms with van der Waals surface area (Å²) in [5, 5.41) is 14.9. The van der Waals surface area contributed by atoms with E-state index in [1.807, 2.05) is 6.07 Å². The quantitative estimate of drug-likeness (QED) is 0.598. The second-order valence-corrected chi connectivity index (χ2v) is 10.1. The monoisotopic (exact) mass is 452 g/mol. The van der Waals surface area contributed by atoms with Crippen molar-refractivity contribution in [3.63, 3.8) is 0 Å². The smallest absolute Gasteiger partial charge is 0.212 e. The highest BCUT2D eigenvalue weighted by molar-refractivity contribution is 7.99. The molecule has 0 spiro atoms. The zero-order valence-electron chi connectivity index (χ0n) is 14.6. The number of hydrogen-bond donors (Lipinski definition) is 0. The van der Waals surface area contributed by atoms with Crippen molar-refractivity contribution in [1.29, 1.82) is 0 Å². The summed E-state index contributed by atoms with van der Waals surface area (Å²) in [6.07, 6.45) is 1.66. The SMILES string of the molecule is CS(=O)(=O)c1ccc(Cc2nnc3n2N=C(c2ccc(Cl)cc2Cl)CS3)cc1. The van der Waals surface area contributed by atoms with Crippen LogP contribution in [0.1, 0.15) is 17.0 Å². The second-order valence-electron chi connectivity index (χ2n) is 6.26. The Morgan fingerprint density at radius 2 is 1.86 bits per heavy atom. The summed E-state index contributed by atoms with van der Waals surface area (Å²) in [5.74, 6) is 1.29. The molecule has 0 atom stereocenters. The van der Waals surface area contributed by atoms with Gasteiger partial charge >= 0.3 is 0 Å². The number of sulfone groups is 1. The molecule has 0 fully saturated rings. The third kappa shape index (κ3) is 3.96. The summed E-state index contributed by atoms with van der Waals surface area (Å²) in [6.45, 7) is 0. The van der Waals surface area contributed by atoms with Gasteiger partial charge in [0.15, 0.2) is 15.7 Å². The highest BCUT2D eigenvalue weighted by atomic mass is 35.5. The number of rotatable bonds is 4. The number of nitrogens with zero attached hydrogens (tertiary/aromatic N) is 4. The van der Waals surface area contributed by atoms with Crippen molar-refractivity contribution < 1.29 is 8.42 Å². The van der Waals surface area contributed by atoms with Crippen LogP contribution in [0.3, 0.4) is 0 Å². The van der Waals surface area contributed by atoms with Crippen LogP contribution < -0.4 is 0 Å². The van der Waals surface area contributed by atoms with Crippen molar-refractivity contribution in [3.05, 3.63) is 69.5 Å². The van der Waals surface area contributed by atoms with Crippen LogP contribution in [0.15, 0.2) is 57.6 Å². The summed E-state index contributed by atoms with van der Waals surface area (Å²) < 4.78 is 24.9. The molecule has 0 saturated carbocycles. The van der Waals surface area contributed by atoms with Crippen LogP contribution in [0, 0.1) is 0 Å². The largest absolute Gasteiger partial charge is 0.224 e. The van der Waals surface area contributed by atoms with E-state index in [1.54, 1.807) is 41.1 Å². The van der Waals surface area contributed by atoms with Crippen LogP contribution in [-0.2, 0) is 16.3 Å². The molecule has 0 bridgehead atoms. The maximum atomic E-state index is 11.6. The van der Waals surface area contributed by atoms with Gasteiger partial charge in [0.25, 0.3) is 0 Å². The van der Waals surface area contributed by atoms with Gasteiger partial charge in [-0.25, -0.2) is 8.42 Å². The normalized spacial score (nSPS) is 13.9. The van der Waals surface area contributed by atoms with Gasteiger partial charge in [-0.15, -0.1) is 10.2 Å². The van der Waals surface area contributed by atoms with E-state index >= 15 is 0 Å². The van der Waals surface area contributed by atoms with Crippen molar-refractivity contribution in [3.8, 4) is 0 Å². The van der Waals surface area contributed by atoms with Gasteiger partial charge in [0.05, 0.1) is 15.6 Å². The van der Waals surface area contributed by atoms with E-state index in [-0.39, 0.29) is 4.90 Å². The average Bonchev–Trinajstić information content (AvgIpc) is 3.03. The molecular weight excluding hydrogens is 439 g/mol. The van der Waals surface area contributed by atoms with E-state index in [0.717, 1.165) is 16.8 Å². The molecule has 1 aromatic heterocycles. The van der Waals surface area contributed by atoms with Gasteiger partial charge < -0.3 is 0 Å². The van der Waals surface area contributed by atoms with E-state index in [1.165, 1.54) is 18.0 Å². The van der Waals surface area contributed by atoms with Gasteiger partial charge in [-0.2, -0.15) is 9.78 Å². The zero-order valence-corrected chi connectivity index (χ0v) is 17.8. The third-order valence-corrected chi connectivity index (χ3v) is 6.80. The molecule has 0 N–H and O–H groups in total. The van der Waals surface area contributed by atoms with Crippen LogP contribution in [0.25, 0.3) is 0 Å². The van der Waals surface area contributed by atoms with E-state index in [0.29, 0.717) is 33.2 Å². The number of hydrogen-bond acceptors (Lipinski definition) is 6. The first-order valence-corrected chi connectivity index (χ1v) is 11.8. The van der Waals surface area contributed by atoms with Gasteiger partial charge in [0.2, 0.25) is 5.16 Å². The van der Waals surface area contributed by atoms with Gasteiger partial charge in [-0.05, 0) is 29.8 Å². The van der Waals surface area contributed by atoms with Crippen molar-refractivity contribution in [1.82, 2.24) is 14.9 Å². The lowest BCUT2D eigenvalue weighted by atomic mass is 10.1. The average molecular weight is 453 g/mol. The lowest BCUT2D eigenvalue weighted by molar-refractivity contribution is 0.602. The minimum atomic E-state index is -3.22. The Kier molecular flexibility index (Phi) is 5.22. The van der Waals surface area contributed by atoms with Crippen LogP contribution in [0.5, 0.6) is 0 Å². The molecule has 2 aromatic carbocycles. The number of halogens is 2. The van der Waals surface area contributed by atoms with Gasteiger partial charge in [0, 0.05) is 29.0 Å². The first kappa shape index (κ1) is 19.4. The van der Waals surface area contributed by atoms with Crippen molar-refractivity contribution in [2.75, 3.05) is 12.0 Å². The summed E-state index contributed by atoms with van der Waals surface area (Å²) in [4.78, 5) is 0.285. The van der Waals surface area contributed by atoms with Gasteiger partial charge in [-0.1, -0.05) is 53.2 Å². The highest BCUT2D eigenvalue weighted by Crippen LogP contribution is 2.29. The Labute approximate surface area is 176 Å². The van der Waals surface area contributed by atoms with Gasteiger partial charge in [0.1, 0.15) is 0 Å². The molecule has 0 radical (unpaired) electrons. The molecule has 28 heavy (non-hydrogen) atoms. The lowest BCUT2D eigenvalue weighted by Gasteiger charge is -2.15. The summed E-state index contributed by atoms with van der Waals surface area (Å²) in [5.41, 5.74) is 2.55. The highest BCUT2D eigenvalue weighted by Gasteiger charge is 2.21. The first-order valence-electron chi connectivity index (χ1n) is 8.20. The number of thioether (sulfide) groups is 1. The molecule has 0 unspecified atom stereocenters. The molecule has 1 aliphatic rings. The molecule has 6 nitrogen and oxygen atoms in total.